The lowest BCUT2D eigenvalue weighted by molar-refractivity contribution is -0.143. The van der Waals surface area contributed by atoms with E-state index in [-0.39, 0.29) is 25.2 Å². The van der Waals surface area contributed by atoms with Crippen LogP contribution in [0, 0.1) is 5.92 Å². The average molecular weight is 523 g/mol. The summed E-state index contributed by atoms with van der Waals surface area (Å²) in [5, 5.41) is 25.9. The van der Waals surface area contributed by atoms with Crippen LogP contribution < -0.4 is 21.7 Å². The summed E-state index contributed by atoms with van der Waals surface area (Å²) in [6.07, 6.45) is 3.90. The summed E-state index contributed by atoms with van der Waals surface area (Å²) < 4.78 is 0. The van der Waals surface area contributed by atoms with Crippen LogP contribution in [0.25, 0.3) is 0 Å². The van der Waals surface area contributed by atoms with Gasteiger partial charge in [0.15, 0.2) is 0 Å². The topological polar surface area (TPSA) is 188 Å². The minimum Gasteiger partial charge on any atom is -0.481 e. The third-order valence-electron chi connectivity index (χ3n) is 4.81. The molecule has 13 heteroatoms. The Kier molecular flexibility index (Phi) is 16.4. The van der Waals surface area contributed by atoms with E-state index in [2.05, 4.69) is 16.0 Å². The first-order chi connectivity index (χ1) is 15.9. The van der Waals surface area contributed by atoms with Gasteiger partial charge in [0.2, 0.25) is 17.7 Å². The van der Waals surface area contributed by atoms with Crippen LogP contribution in [0.2, 0.25) is 0 Å². The van der Waals surface area contributed by atoms with E-state index in [1.807, 2.05) is 20.1 Å². The van der Waals surface area contributed by atoms with Crippen LogP contribution in [-0.4, -0.2) is 88.1 Å². The Bertz CT molecular complexity index is 694. The van der Waals surface area contributed by atoms with E-state index in [9.17, 15) is 29.1 Å². The molecule has 4 atom stereocenters. The molecule has 0 aliphatic carbocycles. The molecule has 196 valence electrons. The Morgan fingerprint density at radius 3 is 1.76 bits per heavy atom. The van der Waals surface area contributed by atoms with Gasteiger partial charge in [-0.3, -0.25) is 19.2 Å². The van der Waals surface area contributed by atoms with E-state index in [0.717, 1.165) is 0 Å². The second-order valence-corrected chi connectivity index (χ2v) is 10.2. The zero-order chi connectivity index (χ0) is 26.3. The Balaban J connectivity index is 5.49. The highest BCUT2D eigenvalue weighted by Gasteiger charge is 2.30. The molecule has 0 aromatic carbocycles. The van der Waals surface area contributed by atoms with Gasteiger partial charge in [-0.2, -0.15) is 23.5 Å². The second kappa shape index (κ2) is 17.4. The molecule has 0 spiro atoms. The van der Waals surface area contributed by atoms with Gasteiger partial charge < -0.3 is 31.9 Å². The summed E-state index contributed by atoms with van der Waals surface area (Å²) in [5.74, 6) is -3.17. The maximum atomic E-state index is 13.0. The van der Waals surface area contributed by atoms with Crippen LogP contribution >= 0.6 is 23.5 Å². The van der Waals surface area contributed by atoms with E-state index in [0.29, 0.717) is 17.9 Å². The first kappa shape index (κ1) is 32.0. The fourth-order valence-corrected chi connectivity index (χ4v) is 3.89. The number of carbonyl (C=O) groups is 5. The van der Waals surface area contributed by atoms with Crippen molar-refractivity contribution in [3.8, 4) is 0 Å². The van der Waals surface area contributed by atoms with E-state index in [1.165, 1.54) is 23.5 Å². The van der Waals surface area contributed by atoms with Gasteiger partial charge in [0.05, 0.1) is 6.04 Å². The van der Waals surface area contributed by atoms with Gasteiger partial charge in [-0.25, -0.2) is 4.79 Å². The smallest absolute Gasteiger partial charge is 0.326 e. The van der Waals surface area contributed by atoms with E-state index in [1.54, 1.807) is 6.26 Å². The molecular formula is C21H38N4O7S2. The van der Waals surface area contributed by atoms with Gasteiger partial charge in [0.25, 0.3) is 0 Å². The van der Waals surface area contributed by atoms with Crippen molar-refractivity contribution in [3.05, 3.63) is 0 Å². The van der Waals surface area contributed by atoms with E-state index < -0.39 is 60.2 Å². The van der Waals surface area contributed by atoms with E-state index in [4.69, 9.17) is 10.8 Å². The first-order valence-corrected chi connectivity index (χ1v) is 13.8. The molecule has 0 aromatic rings. The van der Waals surface area contributed by atoms with Crippen LogP contribution in [0.15, 0.2) is 0 Å². The maximum absolute atomic E-state index is 13.0. The van der Waals surface area contributed by atoms with Crippen molar-refractivity contribution >= 4 is 53.2 Å². The zero-order valence-electron chi connectivity index (χ0n) is 20.2. The summed E-state index contributed by atoms with van der Waals surface area (Å²) in [6.45, 7) is 3.72. The minimum absolute atomic E-state index is 0.0210. The first-order valence-electron chi connectivity index (χ1n) is 11.0. The van der Waals surface area contributed by atoms with Crippen LogP contribution in [-0.2, 0) is 24.0 Å². The SMILES string of the molecule is CSCCC(N)C(=O)NC(CC(C)C)C(=O)NC(CCC(=O)O)C(=O)NC(CCSC)C(=O)O. The minimum atomic E-state index is -1.28. The van der Waals surface area contributed by atoms with E-state index >= 15 is 0 Å². The lowest BCUT2D eigenvalue weighted by atomic mass is 10.0. The fourth-order valence-electron chi connectivity index (χ4n) is 2.93. The van der Waals surface area contributed by atoms with Crippen molar-refractivity contribution in [1.82, 2.24) is 16.0 Å². The highest BCUT2D eigenvalue weighted by molar-refractivity contribution is 7.98. The van der Waals surface area contributed by atoms with Crippen molar-refractivity contribution in [3.63, 3.8) is 0 Å². The predicted octanol–water partition coefficient (Wildman–Crippen LogP) is 0.270. The number of aliphatic carboxylic acids is 2. The Morgan fingerprint density at radius 1 is 0.765 bits per heavy atom. The molecule has 0 aliphatic heterocycles. The van der Waals surface area contributed by atoms with Crippen LogP contribution in [0.1, 0.15) is 46.0 Å². The van der Waals surface area contributed by atoms with Crippen molar-refractivity contribution < 1.29 is 34.2 Å². The average Bonchev–Trinajstić information content (AvgIpc) is 2.75. The highest BCUT2D eigenvalue weighted by Crippen LogP contribution is 2.09. The molecule has 0 aromatic heterocycles. The molecule has 11 nitrogen and oxygen atoms in total. The molecule has 0 saturated carbocycles. The number of amides is 3. The second-order valence-electron chi connectivity index (χ2n) is 8.25. The standard InChI is InChI=1S/C21H38N4O7S2/c1-12(2)11-16(25-18(28)13(22)7-9-33-3)20(30)23-14(5-6-17(26)27)19(29)24-15(21(31)32)8-10-34-4/h12-16H,5-11,22H2,1-4H3,(H,23,30)(H,24,29)(H,25,28)(H,26,27)(H,31,32). The van der Waals surface area contributed by atoms with Gasteiger partial charge in [-0.15, -0.1) is 0 Å². The largest absolute Gasteiger partial charge is 0.481 e. The van der Waals surface area contributed by atoms with Crippen molar-refractivity contribution in [2.45, 2.75) is 70.1 Å². The molecule has 0 bridgehead atoms. The quantitative estimate of drug-likeness (QED) is 0.146. The monoisotopic (exact) mass is 522 g/mol. The molecule has 4 unspecified atom stereocenters. The fraction of sp³-hybridized carbons (Fsp3) is 0.762. The van der Waals surface area contributed by atoms with Gasteiger partial charge in [-0.05, 0) is 55.6 Å². The highest BCUT2D eigenvalue weighted by atomic mass is 32.2. The molecule has 7 N–H and O–H groups in total. The third kappa shape index (κ3) is 13.7. The summed E-state index contributed by atoms with van der Waals surface area (Å²) in [5.41, 5.74) is 5.89. The normalized spacial score (nSPS) is 14.5. The Hall–Kier alpha value is -1.99. The number of hydrogen-bond acceptors (Lipinski definition) is 8. The number of carbonyl (C=O) groups excluding carboxylic acids is 3. The van der Waals surface area contributed by atoms with Gasteiger partial charge in [0, 0.05) is 6.42 Å². The number of nitrogens with one attached hydrogen (secondary N) is 3. The molecule has 0 radical (unpaired) electrons. The Morgan fingerprint density at radius 2 is 1.26 bits per heavy atom. The molecule has 3 amide bonds. The Labute approximate surface area is 209 Å². The molecule has 34 heavy (non-hydrogen) atoms. The number of hydrogen-bond donors (Lipinski definition) is 6. The lowest BCUT2D eigenvalue weighted by Crippen LogP contribution is -2.57. The number of thioether (sulfide) groups is 2. The number of carboxylic acid groups (broad SMARTS) is 2. The summed E-state index contributed by atoms with van der Waals surface area (Å²) in [6, 6.07) is -4.24. The molecule has 0 saturated heterocycles. The summed E-state index contributed by atoms with van der Waals surface area (Å²) >= 11 is 2.96. The molecular weight excluding hydrogens is 484 g/mol. The maximum Gasteiger partial charge on any atom is 0.326 e. The van der Waals surface area contributed by atoms with Crippen LogP contribution in [0.3, 0.4) is 0 Å². The van der Waals surface area contributed by atoms with Gasteiger partial charge >= 0.3 is 11.9 Å². The van der Waals surface area contributed by atoms with Crippen molar-refractivity contribution in [2.24, 2.45) is 11.7 Å². The summed E-state index contributed by atoms with van der Waals surface area (Å²) in [4.78, 5) is 60.7. The van der Waals surface area contributed by atoms with Crippen molar-refractivity contribution in [1.29, 1.82) is 0 Å². The molecule has 0 fully saturated rings. The third-order valence-corrected chi connectivity index (χ3v) is 6.10. The summed E-state index contributed by atoms with van der Waals surface area (Å²) in [7, 11) is 0. The van der Waals surface area contributed by atoms with Crippen LogP contribution in [0.5, 0.6) is 0 Å². The molecule has 0 rings (SSSR count). The van der Waals surface area contributed by atoms with Gasteiger partial charge in [0.1, 0.15) is 18.1 Å². The zero-order valence-corrected chi connectivity index (χ0v) is 21.8. The number of carboxylic acids is 2. The van der Waals surface area contributed by atoms with Gasteiger partial charge in [-0.1, -0.05) is 13.8 Å². The lowest BCUT2D eigenvalue weighted by Gasteiger charge is -2.26. The van der Waals surface area contributed by atoms with Crippen LogP contribution in [0.4, 0.5) is 0 Å². The molecule has 0 aliphatic rings. The number of rotatable bonds is 18. The predicted molar refractivity (Wildman–Crippen MR) is 134 cm³/mol. The molecule has 0 heterocycles. The number of nitrogens with two attached hydrogens (primary N) is 1. The van der Waals surface area contributed by atoms with Crippen molar-refractivity contribution in [2.75, 3.05) is 24.0 Å².